The molecule has 6 heteroatoms. The molecule has 0 aromatic carbocycles. The van der Waals surface area contributed by atoms with E-state index in [0.717, 1.165) is 24.7 Å². The van der Waals surface area contributed by atoms with Gasteiger partial charge in [0.25, 0.3) is 0 Å². The highest BCUT2D eigenvalue weighted by atomic mass is 127. The predicted octanol–water partition coefficient (Wildman–Crippen LogP) is 2.29. The van der Waals surface area contributed by atoms with Gasteiger partial charge in [-0.05, 0) is 26.7 Å². The Morgan fingerprint density at radius 3 is 2.88 bits per heavy atom. The summed E-state index contributed by atoms with van der Waals surface area (Å²) in [5.74, 6) is 0.929. The second kappa shape index (κ2) is 7.15. The van der Waals surface area contributed by atoms with Crippen molar-refractivity contribution in [3.8, 4) is 0 Å². The van der Waals surface area contributed by atoms with Gasteiger partial charge in [0.05, 0.1) is 17.7 Å². The second-order valence-corrected chi connectivity index (χ2v) is 4.91. The molecule has 0 spiro atoms. The van der Waals surface area contributed by atoms with Crippen molar-refractivity contribution >= 4 is 41.3 Å². The van der Waals surface area contributed by atoms with Gasteiger partial charge in [-0.25, -0.2) is 9.98 Å². The molecule has 0 radical (unpaired) electrons. The van der Waals surface area contributed by atoms with Crippen molar-refractivity contribution in [2.24, 2.45) is 4.99 Å². The van der Waals surface area contributed by atoms with E-state index in [1.807, 2.05) is 12.4 Å². The number of halogens is 1. The van der Waals surface area contributed by atoms with Gasteiger partial charge in [0.15, 0.2) is 5.96 Å². The van der Waals surface area contributed by atoms with Crippen molar-refractivity contribution in [2.75, 3.05) is 6.54 Å². The van der Waals surface area contributed by atoms with Crippen molar-refractivity contribution in [2.45, 2.75) is 39.3 Å². The molecule has 0 atom stereocenters. The molecule has 96 valence electrons. The number of aryl methyl sites for hydroxylation is 1. The van der Waals surface area contributed by atoms with Crippen molar-refractivity contribution in [1.29, 1.82) is 0 Å². The number of thiazole rings is 1. The third-order valence-electron chi connectivity index (χ3n) is 2.49. The van der Waals surface area contributed by atoms with Gasteiger partial charge in [-0.2, -0.15) is 0 Å². The molecular formula is C11H19IN4S. The van der Waals surface area contributed by atoms with E-state index < -0.39 is 0 Å². The summed E-state index contributed by atoms with van der Waals surface area (Å²) >= 11 is 1.67. The summed E-state index contributed by atoms with van der Waals surface area (Å²) in [6.45, 7) is 5.74. The number of nitrogens with one attached hydrogen (secondary N) is 2. The van der Waals surface area contributed by atoms with Crippen LogP contribution >= 0.6 is 35.3 Å². The van der Waals surface area contributed by atoms with Crippen LogP contribution in [0.4, 0.5) is 0 Å². The highest BCUT2D eigenvalue weighted by molar-refractivity contribution is 14.0. The van der Waals surface area contributed by atoms with Crippen LogP contribution in [0, 0.1) is 6.92 Å². The van der Waals surface area contributed by atoms with E-state index in [-0.39, 0.29) is 24.0 Å². The first-order valence-corrected chi connectivity index (χ1v) is 6.61. The minimum Gasteiger partial charge on any atom is -0.357 e. The molecule has 0 bridgehead atoms. The maximum atomic E-state index is 4.56. The fourth-order valence-corrected chi connectivity index (χ4v) is 2.07. The van der Waals surface area contributed by atoms with Crippen LogP contribution in [-0.2, 0) is 6.54 Å². The van der Waals surface area contributed by atoms with Gasteiger partial charge in [-0.1, -0.05) is 0 Å². The molecule has 1 fully saturated rings. The Balaban J connectivity index is 0.00000144. The highest BCUT2D eigenvalue weighted by Crippen LogP contribution is 2.18. The molecule has 1 aliphatic carbocycles. The summed E-state index contributed by atoms with van der Waals surface area (Å²) in [4.78, 5) is 10.0. The molecule has 1 saturated carbocycles. The first kappa shape index (κ1) is 14.7. The Hall–Kier alpha value is -0.370. The molecule has 17 heavy (non-hydrogen) atoms. The number of nitrogens with zero attached hydrogens (tertiary/aromatic N) is 2. The van der Waals surface area contributed by atoms with Crippen molar-refractivity contribution in [1.82, 2.24) is 15.6 Å². The minimum atomic E-state index is 0. The van der Waals surface area contributed by atoms with Crippen LogP contribution in [0.5, 0.6) is 0 Å². The molecule has 0 amide bonds. The summed E-state index contributed by atoms with van der Waals surface area (Å²) in [5.41, 5.74) is 2.97. The molecule has 1 aliphatic rings. The van der Waals surface area contributed by atoms with Gasteiger partial charge in [-0.15, -0.1) is 35.3 Å². The average Bonchev–Trinajstić information content (AvgIpc) is 2.98. The molecule has 2 rings (SSSR count). The Morgan fingerprint density at radius 1 is 1.59 bits per heavy atom. The standard InChI is InChI=1S/C11H18N4S.HI/c1-3-12-11(15-9-4-5-9)13-6-10-8(2)14-7-16-10;/h7,9H,3-6H2,1-2H3,(H2,12,13,15);1H. The number of aliphatic imine (C=N–C) groups is 1. The van der Waals surface area contributed by atoms with Crippen LogP contribution in [0.25, 0.3) is 0 Å². The van der Waals surface area contributed by atoms with Crippen molar-refractivity contribution in [3.63, 3.8) is 0 Å². The second-order valence-electron chi connectivity index (χ2n) is 3.97. The molecule has 1 heterocycles. The molecule has 4 nitrogen and oxygen atoms in total. The van der Waals surface area contributed by atoms with Crippen LogP contribution in [0.15, 0.2) is 10.5 Å². The maximum absolute atomic E-state index is 4.56. The summed E-state index contributed by atoms with van der Waals surface area (Å²) in [6, 6.07) is 0.639. The van der Waals surface area contributed by atoms with Crippen LogP contribution in [-0.4, -0.2) is 23.5 Å². The van der Waals surface area contributed by atoms with E-state index in [9.17, 15) is 0 Å². The Labute approximate surface area is 123 Å². The Morgan fingerprint density at radius 2 is 2.35 bits per heavy atom. The normalized spacial score (nSPS) is 15.3. The maximum Gasteiger partial charge on any atom is 0.191 e. The summed E-state index contributed by atoms with van der Waals surface area (Å²) in [5, 5.41) is 6.66. The van der Waals surface area contributed by atoms with E-state index in [1.165, 1.54) is 17.7 Å². The number of guanidine groups is 1. The van der Waals surface area contributed by atoms with Gasteiger partial charge in [0, 0.05) is 17.5 Å². The fraction of sp³-hybridized carbons (Fsp3) is 0.636. The average molecular weight is 366 g/mol. The molecule has 2 N–H and O–H groups in total. The molecule has 0 aliphatic heterocycles. The van der Waals surface area contributed by atoms with Crippen molar-refractivity contribution < 1.29 is 0 Å². The van der Waals surface area contributed by atoms with Gasteiger partial charge >= 0.3 is 0 Å². The predicted molar refractivity (Wildman–Crippen MR) is 83.2 cm³/mol. The minimum absolute atomic E-state index is 0. The molecule has 0 unspecified atom stereocenters. The first-order chi connectivity index (χ1) is 7.79. The Bertz CT molecular complexity index is 373. The first-order valence-electron chi connectivity index (χ1n) is 5.73. The van der Waals surface area contributed by atoms with Crippen LogP contribution in [0.2, 0.25) is 0 Å². The lowest BCUT2D eigenvalue weighted by Crippen LogP contribution is -2.38. The quantitative estimate of drug-likeness (QED) is 0.488. The summed E-state index contributed by atoms with van der Waals surface area (Å²) < 4.78 is 0. The third-order valence-corrected chi connectivity index (χ3v) is 3.41. The van der Waals surface area contributed by atoms with E-state index in [4.69, 9.17) is 0 Å². The van der Waals surface area contributed by atoms with Crippen molar-refractivity contribution in [3.05, 3.63) is 16.1 Å². The van der Waals surface area contributed by atoms with Gasteiger partial charge in [0.1, 0.15) is 0 Å². The van der Waals surface area contributed by atoms with Gasteiger partial charge in [-0.3, -0.25) is 0 Å². The number of hydrogen-bond donors (Lipinski definition) is 2. The number of aromatic nitrogens is 1. The van der Waals surface area contributed by atoms with Crippen LogP contribution in [0.3, 0.4) is 0 Å². The number of hydrogen-bond acceptors (Lipinski definition) is 3. The zero-order valence-electron chi connectivity index (χ0n) is 10.2. The lowest BCUT2D eigenvalue weighted by atomic mass is 10.4. The zero-order chi connectivity index (χ0) is 11.4. The molecule has 1 aromatic rings. The Kier molecular flexibility index (Phi) is 6.18. The summed E-state index contributed by atoms with van der Waals surface area (Å²) in [7, 11) is 0. The van der Waals surface area contributed by atoms with E-state index in [2.05, 4.69) is 27.5 Å². The molecule has 0 saturated heterocycles. The highest BCUT2D eigenvalue weighted by Gasteiger charge is 2.22. The fourth-order valence-electron chi connectivity index (χ4n) is 1.37. The number of rotatable bonds is 4. The van der Waals surface area contributed by atoms with Crippen LogP contribution < -0.4 is 10.6 Å². The van der Waals surface area contributed by atoms with Crippen LogP contribution in [0.1, 0.15) is 30.3 Å². The lowest BCUT2D eigenvalue weighted by molar-refractivity contribution is 0.813. The third kappa shape index (κ3) is 4.79. The smallest absolute Gasteiger partial charge is 0.191 e. The summed E-state index contributed by atoms with van der Waals surface area (Å²) in [6.07, 6.45) is 2.54. The monoisotopic (exact) mass is 366 g/mol. The van der Waals surface area contributed by atoms with Gasteiger partial charge in [0.2, 0.25) is 0 Å². The lowest BCUT2D eigenvalue weighted by Gasteiger charge is -2.09. The van der Waals surface area contributed by atoms with E-state index in [0.29, 0.717) is 6.04 Å². The molecule has 1 aromatic heterocycles. The molecular weight excluding hydrogens is 347 g/mol. The largest absolute Gasteiger partial charge is 0.357 e. The zero-order valence-corrected chi connectivity index (χ0v) is 13.3. The van der Waals surface area contributed by atoms with E-state index in [1.54, 1.807) is 11.3 Å². The van der Waals surface area contributed by atoms with Gasteiger partial charge < -0.3 is 10.6 Å². The van der Waals surface area contributed by atoms with E-state index >= 15 is 0 Å². The topological polar surface area (TPSA) is 49.3 Å². The SMILES string of the molecule is CCNC(=NCc1scnc1C)NC1CC1.I.